The van der Waals surface area contributed by atoms with Crippen molar-refractivity contribution in [2.45, 2.75) is 25.8 Å². The average Bonchev–Trinajstić information content (AvgIpc) is 2.96. The number of carbonyl (C=O) groups excluding carboxylic acids is 1. The van der Waals surface area contributed by atoms with Crippen molar-refractivity contribution in [2.75, 3.05) is 13.1 Å². The Morgan fingerprint density at radius 1 is 1.23 bits per heavy atom. The number of rotatable bonds is 5. The second-order valence-electron chi connectivity index (χ2n) is 6.05. The number of benzene rings is 1. The summed E-state index contributed by atoms with van der Waals surface area (Å²) >= 11 is 0. The Hall–Kier alpha value is -2.07. The minimum atomic E-state index is -0.198. The summed E-state index contributed by atoms with van der Waals surface area (Å²) < 4.78 is 5.96. The summed E-state index contributed by atoms with van der Waals surface area (Å²) in [4.78, 5) is 13.4. The van der Waals surface area contributed by atoms with E-state index in [4.69, 9.17) is 10.2 Å². The number of furan rings is 1. The summed E-state index contributed by atoms with van der Waals surface area (Å²) in [5, 5.41) is 0. The van der Waals surface area contributed by atoms with Crippen LogP contribution in [0, 0.1) is 5.92 Å². The molecule has 0 saturated carbocycles. The molecule has 1 aromatic carbocycles. The zero-order chi connectivity index (χ0) is 15.4. The van der Waals surface area contributed by atoms with E-state index in [2.05, 4.69) is 4.90 Å². The Bertz CT molecular complexity index is 621. The molecule has 0 radical (unpaired) electrons. The van der Waals surface area contributed by atoms with Crippen molar-refractivity contribution in [1.82, 2.24) is 4.90 Å². The monoisotopic (exact) mass is 298 g/mol. The molecule has 1 amide bonds. The van der Waals surface area contributed by atoms with E-state index in [-0.39, 0.29) is 5.91 Å². The fourth-order valence-electron chi connectivity index (χ4n) is 3.19. The van der Waals surface area contributed by atoms with E-state index in [0.717, 1.165) is 49.6 Å². The molecule has 2 N–H and O–H groups in total. The van der Waals surface area contributed by atoms with Gasteiger partial charge < -0.3 is 10.2 Å². The van der Waals surface area contributed by atoms with Crippen LogP contribution in [-0.4, -0.2) is 23.9 Å². The third-order valence-electron chi connectivity index (χ3n) is 4.19. The lowest BCUT2D eigenvalue weighted by atomic mass is 9.94. The molecule has 116 valence electrons. The molecule has 0 spiro atoms. The van der Waals surface area contributed by atoms with Crippen LogP contribution in [0.4, 0.5) is 0 Å². The Labute approximate surface area is 130 Å². The maximum Gasteiger partial charge on any atom is 0.217 e. The molecular formula is C18H22N2O2. The number of likely N-dealkylation sites (tertiary alicyclic amines) is 1. The van der Waals surface area contributed by atoms with Crippen molar-refractivity contribution in [3.8, 4) is 11.3 Å². The zero-order valence-electron chi connectivity index (χ0n) is 12.7. The maximum atomic E-state index is 11.1. The molecule has 0 aliphatic carbocycles. The molecule has 4 nitrogen and oxygen atoms in total. The van der Waals surface area contributed by atoms with Gasteiger partial charge in [-0.1, -0.05) is 30.3 Å². The third-order valence-corrected chi connectivity index (χ3v) is 4.19. The van der Waals surface area contributed by atoms with Gasteiger partial charge in [-0.2, -0.15) is 0 Å². The first-order chi connectivity index (χ1) is 10.7. The van der Waals surface area contributed by atoms with Gasteiger partial charge in [0.25, 0.3) is 0 Å². The number of hydrogen-bond donors (Lipinski definition) is 1. The molecule has 1 fully saturated rings. The summed E-state index contributed by atoms with van der Waals surface area (Å²) in [6.07, 6.45) is 2.70. The first-order valence-electron chi connectivity index (χ1n) is 7.85. The van der Waals surface area contributed by atoms with Crippen LogP contribution in [0.15, 0.2) is 46.9 Å². The molecule has 3 rings (SSSR count). The second-order valence-corrected chi connectivity index (χ2v) is 6.05. The van der Waals surface area contributed by atoms with Crippen molar-refractivity contribution in [3.63, 3.8) is 0 Å². The standard InChI is InChI=1S/C18H22N2O2/c19-18(21)11-14-5-4-10-20(12-14)13-16-8-9-17(22-16)15-6-2-1-3-7-15/h1-3,6-9,14H,4-5,10-13H2,(H2,19,21)/t14-/m1/s1. The number of primary amides is 1. The van der Waals surface area contributed by atoms with Crippen LogP contribution >= 0.6 is 0 Å². The minimum Gasteiger partial charge on any atom is -0.460 e. The van der Waals surface area contributed by atoms with E-state index in [0.29, 0.717) is 12.3 Å². The van der Waals surface area contributed by atoms with E-state index >= 15 is 0 Å². The minimum absolute atomic E-state index is 0.198. The van der Waals surface area contributed by atoms with E-state index in [1.165, 1.54) is 0 Å². The molecule has 4 heteroatoms. The lowest BCUT2D eigenvalue weighted by molar-refractivity contribution is -0.119. The normalized spacial score (nSPS) is 19.2. The van der Waals surface area contributed by atoms with Crippen LogP contribution in [0.25, 0.3) is 11.3 Å². The van der Waals surface area contributed by atoms with Crippen molar-refractivity contribution in [2.24, 2.45) is 11.7 Å². The van der Waals surface area contributed by atoms with Gasteiger partial charge in [0.1, 0.15) is 11.5 Å². The van der Waals surface area contributed by atoms with Gasteiger partial charge in [0.2, 0.25) is 5.91 Å². The van der Waals surface area contributed by atoms with Gasteiger partial charge in [-0.3, -0.25) is 9.69 Å². The van der Waals surface area contributed by atoms with Gasteiger partial charge in [0.15, 0.2) is 0 Å². The van der Waals surface area contributed by atoms with Gasteiger partial charge in [-0.05, 0) is 37.4 Å². The lowest BCUT2D eigenvalue weighted by Gasteiger charge is -2.31. The van der Waals surface area contributed by atoms with Crippen LogP contribution in [0.3, 0.4) is 0 Å². The van der Waals surface area contributed by atoms with E-state index < -0.39 is 0 Å². The van der Waals surface area contributed by atoms with E-state index in [1.54, 1.807) is 0 Å². The Morgan fingerprint density at radius 2 is 2.05 bits per heavy atom. The summed E-state index contributed by atoms with van der Waals surface area (Å²) in [5.74, 6) is 2.06. The van der Waals surface area contributed by atoms with Crippen LogP contribution in [0.1, 0.15) is 25.0 Å². The second kappa shape index (κ2) is 6.79. The molecule has 22 heavy (non-hydrogen) atoms. The highest BCUT2D eigenvalue weighted by atomic mass is 16.3. The van der Waals surface area contributed by atoms with Gasteiger partial charge in [-0.25, -0.2) is 0 Å². The highest BCUT2D eigenvalue weighted by Gasteiger charge is 2.22. The first kappa shape index (κ1) is 14.9. The van der Waals surface area contributed by atoms with Gasteiger partial charge >= 0.3 is 0 Å². The SMILES string of the molecule is NC(=O)C[C@H]1CCCN(Cc2ccc(-c3ccccc3)o2)C1. The average molecular weight is 298 g/mol. The van der Waals surface area contributed by atoms with Crippen LogP contribution < -0.4 is 5.73 Å². The van der Waals surface area contributed by atoms with E-state index in [1.807, 2.05) is 42.5 Å². The quantitative estimate of drug-likeness (QED) is 0.923. The molecular weight excluding hydrogens is 276 g/mol. The van der Waals surface area contributed by atoms with Crippen molar-refractivity contribution in [1.29, 1.82) is 0 Å². The molecule has 2 aromatic rings. The number of piperidine rings is 1. The predicted octanol–water partition coefficient (Wildman–Crippen LogP) is 3.03. The zero-order valence-corrected chi connectivity index (χ0v) is 12.7. The highest BCUT2D eigenvalue weighted by molar-refractivity contribution is 5.74. The number of carbonyl (C=O) groups is 1. The van der Waals surface area contributed by atoms with E-state index in [9.17, 15) is 4.79 Å². The topological polar surface area (TPSA) is 59.5 Å². The highest BCUT2D eigenvalue weighted by Crippen LogP contribution is 2.25. The fraction of sp³-hybridized carbons (Fsp3) is 0.389. The van der Waals surface area contributed by atoms with Crippen LogP contribution in [0.2, 0.25) is 0 Å². The Balaban J connectivity index is 1.61. The molecule has 1 aliphatic rings. The first-order valence-corrected chi connectivity index (χ1v) is 7.85. The van der Waals surface area contributed by atoms with Crippen LogP contribution in [0.5, 0.6) is 0 Å². The number of nitrogens with zero attached hydrogens (tertiary/aromatic N) is 1. The summed E-state index contributed by atoms with van der Waals surface area (Å²) in [5.41, 5.74) is 6.41. The van der Waals surface area contributed by atoms with Gasteiger partial charge in [-0.15, -0.1) is 0 Å². The summed E-state index contributed by atoms with van der Waals surface area (Å²) in [7, 11) is 0. The molecule has 2 heterocycles. The number of amides is 1. The summed E-state index contributed by atoms with van der Waals surface area (Å²) in [6.45, 7) is 2.77. The smallest absolute Gasteiger partial charge is 0.217 e. The Morgan fingerprint density at radius 3 is 2.82 bits per heavy atom. The number of nitrogens with two attached hydrogens (primary N) is 1. The molecule has 1 aliphatic heterocycles. The van der Waals surface area contributed by atoms with Gasteiger partial charge in [0, 0.05) is 18.5 Å². The molecule has 0 unspecified atom stereocenters. The molecule has 1 saturated heterocycles. The predicted molar refractivity (Wildman–Crippen MR) is 86.0 cm³/mol. The lowest BCUT2D eigenvalue weighted by Crippen LogP contribution is -2.36. The molecule has 0 bridgehead atoms. The van der Waals surface area contributed by atoms with Gasteiger partial charge in [0.05, 0.1) is 6.54 Å². The number of hydrogen-bond acceptors (Lipinski definition) is 3. The maximum absolute atomic E-state index is 11.1. The molecule has 1 aromatic heterocycles. The van der Waals surface area contributed by atoms with Crippen molar-refractivity contribution in [3.05, 3.63) is 48.2 Å². The third kappa shape index (κ3) is 3.77. The largest absolute Gasteiger partial charge is 0.460 e. The summed E-state index contributed by atoms with van der Waals surface area (Å²) in [6, 6.07) is 14.2. The van der Waals surface area contributed by atoms with Crippen LogP contribution in [-0.2, 0) is 11.3 Å². The molecule has 1 atom stereocenters. The van der Waals surface area contributed by atoms with Crippen molar-refractivity contribution < 1.29 is 9.21 Å². The fourth-order valence-corrected chi connectivity index (χ4v) is 3.19. The Kier molecular flexibility index (Phi) is 4.59. The van der Waals surface area contributed by atoms with Crippen molar-refractivity contribution >= 4 is 5.91 Å².